The van der Waals surface area contributed by atoms with Gasteiger partial charge in [0.1, 0.15) is 17.5 Å². The molecule has 132 valence electrons. The lowest BCUT2D eigenvalue weighted by Crippen LogP contribution is -2.25. The van der Waals surface area contributed by atoms with Crippen molar-refractivity contribution >= 4 is 10.0 Å². The first kappa shape index (κ1) is 17.7. The predicted octanol–water partition coefficient (Wildman–Crippen LogP) is 2.71. The van der Waals surface area contributed by atoms with Gasteiger partial charge in [-0.3, -0.25) is 0 Å². The molecular weight excluding hydrogens is 362 g/mol. The Morgan fingerprint density at radius 1 is 1.19 bits per heavy atom. The first-order chi connectivity index (χ1) is 12.4. The number of benzene rings is 2. The fraction of sp³-hybridized carbons (Fsp3) is 0.0588. The number of aromatic amines is 1. The molecule has 2 aromatic carbocycles. The van der Waals surface area contributed by atoms with Crippen molar-refractivity contribution in [2.24, 2.45) is 0 Å². The van der Waals surface area contributed by atoms with Crippen molar-refractivity contribution in [1.82, 2.24) is 14.7 Å². The fourth-order valence-electron chi connectivity index (χ4n) is 2.38. The number of imidazole rings is 1. The number of sulfonamides is 1. The quantitative estimate of drug-likeness (QED) is 0.717. The molecule has 6 nitrogen and oxygen atoms in total. The number of H-pyrrole nitrogens is 1. The van der Waals surface area contributed by atoms with Crippen LogP contribution in [0.5, 0.6) is 0 Å². The van der Waals surface area contributed by atoms with Crippen molar-refractivity contribution in [2.45, 2.75) is 11.4 Å². The highest BCUT2D eigenvalue weighted by atomic mass is 32.2. The van der Waals surface area contributed by atoms with Crippen LogP contribution in [0.25, 0.3) is 11.4 Å². The van der Waals surface area contributed by atoms with Gasteiger partial charge in [0.15, 0.2) is 4.90 Å². The number of aromatic nitrogens is 2. The van der Waals surface area contributed by atoms with Gasteiger partial charge in [-0.15, -0.1) is 0 Å². The third kappa shape index (κ3) is 3.61. The molecule has 3 rings (SSSR count). The van der Waals surface area contributed by atoms with E-state index >= 15 is 0 Å². The van der Waals surface area contributed by atoms with E-state index in [1.165, 1.54) is 0 Å². The molecule has 0 spiro atoms. The Kier molecular flexibility index (Phi) is 4.79. The van der Waals surface area contributed by atoms with Gasteiger partial charge in [0.25, 0.3) is 0 Å². The summed E-state index contributed by atoms with van der Waals surface area (Å²) in [6.07, 6.45) is 3.24. The predicted molar refractivity (Wildman–Crippen MR) is 89.1 cm³/mol. The van der Waals surface area contributed by atoms with Crippen molar-refractivity contribution in [3.8, 4) is 17.5 Å². The molecule has 0 aliphatic carbocycles. The largest absolute Gasteiger partial charge is 0.345 e. The Hall–Kier alpha value is -3.09. The molecule has 0 saturated heterocycles. The highest BCUT2D eigenvalue weighted by Gasteiger charge is 2.24. The molecule has 1 heterocycles. The number of hydrogen-bond acceptors (Lipinski definition) is 4. The minimum absolute atomic E-state index is 0.171. The maximum atomic E-state index is 13.9. The third-order valence-electron chi connectivity index (χ3n) is 3.56. The maximum absolute atomic E-state index is 13.9. The Labute approximate surface area is 148 Å². The molecular formula is C17H12F2N4O2S. The normalized spacial score (nSPS) is 11.3. The van der Waals surface area contributed by atoms with E-state index in [2.05, 4.69) is 14.7 Å². The summed E-state index contributed by atoms with van der Waals surface area (Å²) in [5, 5.41) is 8.68. The van der Waals surface area contributed by atoms with Crippen LogP contribution in [-0.4, -0.2) is 18.4 Å². The monoisotopic (exact) mass is 374 g/mol. The fourth-order valence-corrected chi connectivity index (χ4v) is 3.52. The molecule has 0 fully saturated rings. The second-order valence-electron chi connectivity index (χ2n) is 5.34. The highest BCUT2D eigenvalue weighted by molar-refractivity contribution is 7.89. The number of hydrogen-bond donors (Lipinski definition) is 2. The van der Waals surface area contributed by atoms with Crippen LogP contribution < -0.4 is 4.72 Å². The zero-order chi connectivity index (χ0) is 18.7. The Morgan fingerprint density at radius 2 is 1.92 bits per heavy atom. The molecule has 2 N–H and O–H groups in total. The third-order valence-corrected chi connectivity index (χ3v) is 5.01. The van der Waals surface area contributed by atoms with Gasteiger partial charge < -0.3 is 4.98 Å². The van der Waals surface area contributed by atoms with Gasteiger partial charge in [0.2, 0.25) is 10.0 Å². The summed E-state index contributed by atoms with van der Waals surface area (Å²) in [6, 6.07) is 9.78. The molecule has 0 radical (unpaired) electrons. The van der Waals surface area contributed by atoms with Crippen molar-refractivity contribution in [1.29, 1.82) is 5.26 Å². The molecule has 0 bridgehead atoms. The lowest BCUT2D eigenvalue weighted by Gasteiger charge is -2.10. The number of rotatable bonds is 5. The van der Waals surface area contributed by atoms with Crippen molar-refractivity contribution < 1.29 is 17.2 Å². The molecule has 1 aromatic heterocycles. The molecule has 0 amide bonds. The molecule has 0 atom stereocenters. The van der Waals surface area contributed by atoms with Gasteiger partial charge in [0.05, 0.1) is 11.6 Å². The van der Waals surface area contributed by atoms with E-state index in [9.17, 15) is 17.2 Å². The van der Waals surface area contributed by atoms with Crippen molar-refractivity contribution in [2.75, 3.05) is 0 Å². The standard InChI is InChI=1S/C17H12F2N4O2S/c18-14-7-12(9-20)8-15(19)16(14)26(24,25)23-10-11-2-1-3-13(6-11)17-21-4-5-22-17/h1-8,23H,10H2,(H,21,22). The molecule has 9 heteroatoms. The lowest BCUT2D eigenvalue weighted by atomic mass is 10.1. The molecule has 3 aromatic rings. The van der Waals surface area contributed by atoms with Gasteiger partial charge in [-0.05, 0) is 23.8 Å². The molecule has 26 heavy (non-hydrogen) atoms. The second kappa shape index (κ2) is 7.03. The van der Waals surface area contributed by atoms with Crippen LogP contribution in [0, 0.1) is 23.0 Å². The lowest BCUT2D eigenvalue weighted by molar-refractivity contribution is 0.513. The van der Waals surface area contributed by atoms with E-state index < -0.39 is 26.6 Å². The van der Waals surface area contributed by atoms with E-state index in [0.29, 0.717) is 23.5 Å². The SMILES string of the molecule is N#Cc1cc(F)c(S(=O)(=O)NCc2cccc(-c3ncc[nH]3)c2)c(F)c1. The first-order valence-corrected chi connectivity index (χ1v) is 8.86. The van der Waals surface area contributed by atoms with E-state index in [0.717, 1.165) is 5.56 Å². The highest BCUT2D eigenvalue weighted by Crippen LogP contribution is 2.21. The van der Waals surface area contributed by atoms with Crippen LogP contribution in [0.15, 0.2) is 53.7 Å². The van der Waals surface area contributed by atoms with E-state index in [1.54, 1.807) is 42.7 Å². The topological polar surface area (TPSA) is 98.6 Å². The van der Waals surface area contributed by atoms with Crippen LogP contribution in [0.3, 0.4) is 0 Å². The zero-order valence-corrected chi connectivity index (χ0v) is 14.0. The van der Waals surface area contributed by atoms with E-state index in [4.69, 9.17) is 5.26 Å². The number of nitrogens with one attached hydrogen (secondary N) is 2. The Balaban J connectivity index is 1.84. The number of halogens is 2. The average molecular weight is 374 g/mol. The van der Waals surface area contributed by atoms with Gasteiger partial charge in [-0.25, -0.2) is 26.9 Å². The molecule has 0 aliphatic heterocycles. The van der Waals surface area contributed by atoms with Gasteiger partial charge in [-0.2, -0.15) is 5.26 Å². The van der Waals surface area contributed by atoms with Crippen molar-refractivity contribution in [3.63, 3.8) is 0 Å². The number of nitriles is 1. The Morgan fingerprint density at radius 3 is 2.54 bits per heavy atom. The van der Waals surface area contributed by atoms with Crippen molar-refractivity contribution in [3.05, 3.63) is 71.6 Å². The van der Waals surface area contributed by atoms with Crippen LogP contribution in [-0.2, 0) is 16.6 Å². The molecule has 0 aliphatic rings. The van der Waals surface area contributed by atoms with Gasteiger partial charge >= 0.3 is 0 Å². The van der Waals surface area contributed by atoms with E-state index in [-0.39, 0.29) is 12.1 Å². The summed E-state index contributed by atoms with van der Waals surface area (Å²) in [5.74, 6) is -2.03. The summed E-state index contributed by atoms with van der Waals surface area (Å²) in [7, 11) is -4.44. The smallest absolute Gasteiger partial charge is 0.246 e. The van der Waals surface area contributed by atoms with E-state index in [1.807, 2.05) is 0 Å². The minimum Gasteiger partial charge on any atom is -0.345 e. The Bertz CT molecular complexity index is 1070. The summed E-state index contributed by atoms with van der Waals surface area (Å²) in [6.45, 7) is -0.171. The summed E-state index contributed by atoms with van der Waals surface area (Å²) < 4.78 is 54.6. The summed E-state index contributed by atoms with van der Waals surface area (Å²) in [4.78, 5) is 5.92. The average Bonchev–Trinajstić information content (AvgIpc) is 3.14. The first-order valence-electron chi connectivity index (χ1n) is 7.38. The van der Waals surface area contributed by atoms with Crippen LogP contribution >= 0.6 is 0 Å². The van der Waals surface area contributed by atoms with Crippen LogP contribution in [0.4, 0.5) is 8.78 Å². The molecule has 0 unspecified atom stereocenters. The zero-order valence-electron chi connectivity index (χ0n) is 13.2. The summed E-state index contributed by atoms with van der Waals surface area (Å²) in [5.41, 5.74) is 1.02. The second-order valence-corrected chi connectivity index (χ2v) is 7.05. The molecule has 0 saturated carbocycles. The van der Waals surface area contributed by atoms with Crippen LogP contribution in [0.2, 0.25) is 0 Å². The van der Waals surface area contributed by atoms with Gasteiger partial charge in [-0.1, -0.05) is 18.2 Å². The van der Waals surface area contributed by atoms with Gasteiger partial charge in [0, 0.05) is 24.5 Å². The summed E-state index contributed by atoms with van der Waals surface area (Å²) >= 11 is 0. The number of nitrogens with zero attached hydrogens (tertiary/aromatic N) is 2. The maximum Gasteiger partial charge on any atom is 0.246 e. The minimum atomic E-state index is -4.44. The van der Waals surface area contributed by atoms with Crippen LogP contribution in [0.1, 0.15) is 11.1 Å².